The van der Waals surface area contributed by atoms with Crippen LogP contribution in [0.15, 0.2) is 48.5 Å². The minimum Gasteiger partial charge on any atom is -0.487 e. The van der Waals surface area contributed by atoms with Gasteiger partial charge >= 0.3 is 0 Å². The van der Waals surface area contributed by atoms with E-state index in [4.69, 9.17) is 4.74 Å². The number of ether oxygens (including phenoxy) is 1. The van der Waals surface area contributed by atoms with Crippen LogP contribution in [0, 0.1) is 6.92 Å². The van der Waals surface area contributed by atoms with Gasteiger partial charge in [0.15, 0.2) is 0 Å². The van der Waals surface area contributed by atoms with Crippen LogP contribution in [0.25, 0.3) is 0 Å². The molecule has 1 saturated heterocycles. The molecule has 29 heavy (non-hydrogen) atoms. The second-order valence-corrected chi connectivity index (χ2v) is 8.93. The molecule has 1 N–H and O–H groups in total. The van der Waals surface area contributed by atoms with Gasteiger partial charge in [0.2, 0.25) is 0 Å². The summed E-state index contributed by atoms with van der Waals surface area (Å²) in [6.45, 7) is 10.9. The Hall–Kier alpha value is -0.736. The molecule has 0 aliphatic carbocycles. The molecule has 0 atom stereocenters. The molecule has 1 aliphatic rings. The molecule has 0 saturated carbocycles. The van der Waals surface area contributed by atoms with E-state index in [0.717, 1.165) is 34.4 Å². The van der Waals surface area contributed by atoms with Crippen molar-refractivity contribution in [3.63, 3.8) is 0 Å². The second-order valence-electron chi connectivity index (χ2n) is 8.93. The number of rotatable bonds is 7. The molecule has 2 aromatic rings. The van der Waals surface area contributed by atoms with Crippen LogP contribution in [-0.2, 0) is 44.9 Å². The Labute approximate surface area is 201 Å². The van der Waals surface area contributed by atoms with Crippen LogP contribution in [0.3, 0.4) is 0 Å². The van der Waals surface area contributed by atoms with Crippen molar-refractivity contribution >= 4 is 0 Å². The SMILES string of the molecule is Cc1cccc(C(C)(C)O)c1OCC[N+]1(Cc2ccccc2)CCCCCC1.[Y]. The number of nitrogens with zero attached hydrogens (tertiary/aromatic N) is 1. The largest absolute Gasteiger partial charge is 0.487 e. The van der Waals surface area contributed by atoms with Crippen LogP contribution < -0.4 is 4.74 Å². The minimum atomic E-state index is -0.903. The zero-order valence-electron chi connectivity index (χ0n) is 18.4. The Balaban J connectivity index is 0.00000300. The van der Waals surface area contributed by atoms with Crippen molar-refractivity contribution in [2.24, 2.45) is 0 Å². The Morgan fingerprint density at radius 2 is 1.59 bits per heavy atom. The van der Waals surface area contributed by atoms with Crippen LogP contribution in [0.5, 0.6) is 5.75 Å². The quantitative estimate of drug-likeness (QED) is 0.564. The summed E-state index contributed by atoms with van der Waals surface area (Å²) in [5.74, 6) is 0.850. The fraction of sp³-hybridized carbons (Fsp3) is 0.520. The number of benzene rings is 2. The van der Waals surface area contributed by atoms with Crippen molar-refractivity contribution in [1.82, 2.24) is 0 Å². The first kappa shape index (κ1) is 24.5. The maximum Gasteiger partial charge on any atom is 0.137 e. The van der Waals surface area contributed by atoms with Crippen molar-refractivity contribution < 1.29 is 47.0 Å². The Morgan fingerprint density at radius 3 is 2.21 bits per heavy atom. The maximum absolute atomic E-state index is 10.5. The standard InChI is InChI=1S/C25H36NO2.Y/c1-21-12-11-15-23(25(2,3)27)24(21)28-19-18-26(16-9-4-5-10-17-26)20-22-13-7-6-8-14-22;/h6-8,11-15,27H,4-5,9-10,16-20H2,1-3H3;/q+1;. The molecule has 4 heteroatoms. The molecule has 155 valence electrons. The molecular weight excluding hydrogens is 435 g/mol. The van der Waals surface area contributed by atoms with E-state index in [9.17, 15) is 5.11 Å². The molecule has 0 spiro atoms. The number of aliphatic hydroxyl groups is 1. The van der Waals surface area contributed by atoms with Crippen LogP contribution in [-0.4, -0.2) is 35.8 Å². The first-order valence-corrected chi connectivity index (χ1v) is 10.7. The number of likely N-dealkylation sites (tertiary alicyclic amines) is 1. The summed E-state index contributed by atoms with van der Waals surface area (Å²) in [5, 5.41) is 10.5. The maximum atomic E-state index is 10.5. The van der Waals surface area contributed by atoms with E-state index in [-0.39, 0.29) is 32.7 Å². The van der Waals surface area contributed by atoms with Gasteiger partial charge in [0, 0.05) is 43.8 Å². The molecule has 0 amide bonds. The van der Waals surface area contributed by atoms with E-state index >= 15 is 0 Å². The number of hydrogen-bond acceptors (Lipinski definition) is 2. The van der Waals surface area contributed by atoms with Crippen LogP contribution in [0.2, 0.25) is 0 Å². The fourth-order valence-electron chi connectivity index (χ4n) is 4.46. The van der Waals surface area contributed by atoms with Crippen LogP contribution >= 0.6 is 0 Å². The molecule has 1 heterocycles. The fourth-order valence-corrected chi connectivity index (χ4v) is 4.46. The summed E-state index contributed by atoms with van der Waals surface area (Å²) in [6, 6.07) is 16.9. The summed E-state index contributed by atoms with van der Waals surface area (Å²) >= 11 is 0. The average Bonchev–Trinajstić information content (AvgIpc) is 2.89. The van der Waals surface area contributed by atoms with Crippen molar-refractivity contribution in [2.75, 3.05) is 26.2 Å². The van der Waals surface area contributed by atoms with Gasteiger partial charge in [-0.3, -0.25) is 0 Å². The second kappa shape index (κ2) is 11.0. The van der Waals surface area contributed by atoms with Crippen molar-refractivity contribution in [2.45, 2.75) is 58.6 Å². The molecule has 1 fully saturated rings. The molecular formula is C25H36NO2Y+. The van der Waals surface area contributed by atoms with Gasteiger partial charge in [-0.05, 0) is 52.0 Å². The number of para-hydroxylation sites is 1. The van der Waals surface area contributed by atoms with Gasteiger partial charge in [0.25, 0.3) is 0 Å². The molecule has 0 unspecified atom stereocenters. The average molecular weight is 471 g/mol. The van der Waals surface area contributed by atoms with E-state index in [1.54, 1.807) is 0 Å². The predicted octanol–water partition coefficient (Wildman–Crippen LogP) is 5.19. The Kier molecular flexibility index (Phi) is 9.34. The normalized spacial score (nSPS) is 16.6. The van der Waals surface area contributed by atoms with E-state index in [1.807, 2.05) is 26.0 Å². The Morgan fingerprint density at radius 1 is 0.931 bits per heavy atom. The first-order valence-electron chi connectivity index (χ1n) is 10.7. The predicted molar refractivity (Wildman–Crippen MR) is 115 cm³/mol. The smallest absolute Gasteiger partial charge is 0.137 e. The Bertz CT molecular complexity index is 747. The topological polar surface area (TPSA) is 29.5 Å². The zero-order chi connectivity index (χ0) is 20.0. The minimum absolute atomic E-state index is 0. The van der Waals surface area contributed by atoms with E-state index in [1.165, 1.54) is 44.3 Å². The molecule has 3 nitrogen and oxygen atoms in total. The van der Waals surface area contributed by atoms with Crippen molar-refractivity contribution in [3.05, 3.63) is 65.2 Å². The van der Waals surface area contributed by atoms with E-state index < -0.39 is 5.60 Å². The zero-order valence-corrected chi connectivity index (χ0v) is 21.2. The molecule has 2 aromatic carbocycles. The summed E-state index contributed by atoms with van der Waals surface area (Å²) < 4.78 is 7.43. The van der Waals surface area contributed by atoms with Gasteiger partial charge in [0.05, 0.1) is 18.7 Å². The number of hydrogen-bond donors (Lipinski definition) is 1. The third kappa shape index (κ3) is 6.89. The van der Waals surface area contributed by atoms with E-state index in [0.29, 0.717) is 6.61 Å². The monoisotopic (exact) mass is 471 g/mol. The summed E-state index contributed by atoms with van der Waals surface area (Å²) in [6.07, 6.45) is 5.28. The molecule has 0 aromatic heterocycles. The number of quaternary nitrogens is 1. The molecule has 1 aliphatic heterocycles. The van der Waals surface area contributed by atoms with Gasteiger partial charge in [-0.1, -0.05) is 48.5 Å². The third-order valence-corrected chi connectivity index (χ3v) is 6.06. The van der Waals surface area contributed by atoms with Gasteiger partial charge in [-0.2, -0.15) is 0 Å². The summed E-state index contributed by atoms with van der Waals surface area (Å²) in [7, 11) is 0. The van der Waals surface area contributed by atoms with Gasteiger partial charge in [-0.15, -0.1) is 0 Å². The van der Waals surface area contributed by atoms with Crippen molar-refractivity contribution in [3.8, 4) is 5.75 Å². The summed E-state index contributed by atoms with van der Waals surface area (Å²) in [5.41, 5.74) is 2.47. The van der Waals surface area contributed by atoms with E-state index in [2.05, 4.69) is 43.3 Å². The van der Waals surface area contributed by atoms with Crippen LogP contribution in [0.1, 0.15) is 56.2 Å². The third-order valence-electron chi connectivity index (χ3n) is 6.06. The summed E-state index contributed by atoms with van der Waals surface area (Å²) in [4.78, 5) is 0. The van der Waals surface area contributed by atoms with Crippen LogP contribution in [0.4, 0.5) is 0 Å². The first-order chi connectivity index (χ1) is 13.4. The molecule has 1 radical (unpaired) electrons. The van der Waals surface area contributed by atoms with Crippen molar-refractivity contribution in [1.29, 1.82) is 0 Å². The molecule has 3 rings (SSSR count). The molecule has 0 bridgehead atoms. The van der Waals surface area contributed by atoms with Gasteiger partial charge < -0.3 is 14.3 Å². The van der Waals surface area contributed by atoms with Gasteiger partial charge in [0.1, 0.15) is 25.4 Å². The van der Waals surface area contributed by atoms with Gasteiger partial charge in [-0.25, -0.2) is 0 Å². The number of aryl methyl sites for hydroxylation is 1.